The standard InChI is InChI=1S/C11H16N2O/c1-13-6-5-8-3-4-10(12)11(14-2)9(8)7-13/h3-4H,5-7,12H2,1-2H3. The molecule has 2 rings (SSSR count). The maximum Gasteiger partial charge on any atom is 0.146 e. The first kappa shape index (κ1) is 9.34. The molecule has 14 heavy (non-hydrogen) atoms. The number of ether oxygens (including phenoxy) is 1. The van der Waals surface area contributed by atoms with Gasteiger partial charge in [0, 0.05) is 18.7 Å². The Balaban J connectivity index is 2.49. The van der Waals surface area contributed by atoms with E-state index in [1.807, 2.05) is 6.07 Å². The molecule has 0 unspecified atom stereocenters. The molecule has 76 valence electrons. The van der Waals surface area contributed by atoms with Gasteiger partial charge in [0.1, 0.15) is 5.75 Å². The van der Waals surface area contributed by atoms with Gasteiger partial charge in [-0.3, -0.25) is 0 Å². The summed E-state index contributed by atoms with van der Waals surface area (Å²) < 4.78 is 5.34. The number of nitrogens with two attached hydrogens (primary N) is 1. The number of nitrogen functional groups attached to an aromatic ring is 1. The molecule has 1 aromatic carbocycles. The zero-order valence-corrected chi connectivity index (χ0v) is 8.71. The molecule has 1 heterocycles. The maximum atomic E-state index is 5.86. The molecule has 1 aliphatic rings. The normalized spacial score (nSPS) is 16.4. The molecule has 0 aliphatic carbocycles. The number of nitrogens with zero attached hydrogens (tertiary/aromatic N) is 1. The number of likely N-dealkylation sites (N-methyl/N-ethyl adjacent to an activating group) is 1. The molecular formula is C11H16N2O. The van der Waals surface area contributed by atoms with Crippen LogP contribution in [0.15, 0.2) is 12.1 Å². The van der Waals surface area contributed by atoms with E-state index in [4.69, 9.17) is 10.5 Å². The summed E-state index contributed by atoms with van der Waals surface area (Å²) in [6.07, 6.45) is 1.09. The molecule has 0 radical (unpaired) electrons. The van der Waals surface area contributed by atoms with Crippen LogP contribution < -0.4 is 10.5 Å². The van der Waals surface area contributed by atoms with Crippen LogP contribution in [-0.2, 0) is 13.0 Å². The fourth-order valence-electron chi connectivity index (χ4n) is 2.00. The van der Waals surface area contributed by atoms with Crippen molar-refractivity contribution >= 4 is 5.69 Å². The lowest BCUT2D eigenvalue weighted by Crippen LogP contribution is -2.27. The van der Waals surface area contributed by atoms with Crippen LogP contribution in [0.2, 0.25) is 0 Å². The predicted octanol–water partition coefficient (Wildman–Crippen LogP) is 1.27. The van der Waals surface area contributed by atoms with Crippen molar-refractivity contribution in [3.8, 4) is 5.75 Å². The van der Waals surface area contributed by atoms with Crippen LogP contribution in [0.5, 0.6) is 5.75 Å². The zero-order valence-electron chi connectivity index (χ0n) is 8.71. The third-order valence-electron chi connectivity index (χ3n) is 2.78. The van der Waals surface area contributed by atoms with Crippen molar-refractivity contribution in [3.05, 3.63) is 23.3 Å². The molecule has 0 spiro atoms. The first-order chi connectivity index (χ1) is 6.72. The van der Waals surface area contributed by atoms with E-state index in [0.29, 0.717) is 0 Å². The van der Waals surface area contributed by atoms with E-state index in [1.165, 1.54) is 11.1 Å². The van der Waals surface area contributed by atoms with Gasteiger partial charge in [-0.15, -0.1) is 0 Å². The van der Waals surface area contributed by atoms with E-state index in [2.05, 4.69) is 18.0 Å². The van der Waals surface area contributed by atoms with E-state index in [0.717, 1.165) is 30.9 Å². The van der Waals surface area contributed by atoms with Gasteiger partial charge in [0.25, 0.3) is 0 Å². The van der Waals surface area contributed by atoms with Crippen LogP contribution in [0.1, 0.15) is 11.1 Å². The highest BCUT2D eigenvalue weighted by Gasteiger charge is 2.18. The summed E-state index contributed by atoms with van der Waals surface area (Å²) in [7, 11) is 3.80. The molecule has 0 saturated carbocycles. The minimum absolute atomic E-state index is 0.738. The van der Waals surface area contributed by atoms with Gasteiger partial charge < -0.3 is 15.4 Å². The Morgan fingerprint density at radius 1 is 1.43 bits per heavy atom. The van der Waals surface area contributed by atoms with E-state index < -0.39 is 0 Å². The fourth-order valence-corrected chi connectivity index (χ4v) is 2.00. The summed E-state index contributed by atoms with van der Waals surface area (Å²) in [6.45, 7) is 2.05. The molecule has 0 atom stereocenters. The van der Waals surface area contributed by atoms with E-state index >= 15 is 0 Å². The Kier molecular flexibility index (Phi) is 2.33. The Morgan fingerprint density at radius 2 is 2.21 bits per heavy atom. The summed E-state index contributed by atoms with van der Waals surface area (Å²) in [6, 6.07) is 4.04. The van der Waals surface area contributed by atoms with Crippen molar-refractivity contribution in [1.29, 1.82) is 0 Å². The lowest BCUT2D eigenvalue weighted by Gasteiger charge is -2.26. The number of anilines is 1. The third kappa shape index (κ3) is 1.44. The molecule has 0 fully saturated rings. The highest BCUT2D eigenvalue weighted by atomic mass is 16.5. The highest BCUT2D eigenvalue weighted by molar-refractivity contribution is 5.59. The largest absolute Gasteiger partial charge is 0.494 e. The quantitative estimate of drug-likeness (QED) is 0.681. The number of methoxy groups -OCH3 is 1. The first-order valence-electron chi connectivity index (χ1n) is 4.85. The van der Waals surface area contributed by atoms with Crippen LogP contribution in [0.3, 0.4) is 0 Å². The van der Waals surface area contributed by atoms with Crippen molar-refractivity contribution in [1.82, 2.24) is 4.90 Å². The van der Waals surface area contributed by atoms with Crippen LogP contribution in [0.25, 0.3) is 0 Å². The molecule has 0 saturated heterocycles. The zero-order chi connectivity index (χ0) is 10.1. The van der Waals surface area contributed by atoms with Gasteiger partial charge >= 0.3 is 0 Å². The van der Waals surface area contributed by atoms with Gasteiger partial charge in [-0.2, -0.15) is 0 Å². The molecule has 0 aromatic heterocycles. The predicted molar refractivity (Wildman–Crippen MR) is 57.4 cm³/mol. The smallest absolute Gasteiger partial charge is 0.146 e. The van der Waals surface area contributed by atoms with Crippen LogP contribution >= 0.6 is 0 Å². The second kappa shape index (κ2) is 3.50. The van der Waals surface area contributed by atoms with Gasteiger partial charge in [-0.05, 0) is 25.1 Å². The highest BCUT2D eigenvalue weighted by Crippen LogP contribution is 2.32. The summed E-state index contributed by atoms with van der Waals surface area (Å²) in [5.41, 5.74) is 9.22. The van der Waals surface area contributed by atoms with Gasteiger partial charge in [0.2, 0.25) is 0 Å². The van der Waals surface area contributed by atoms with Crippen molar-refractivity contribution in [2.24, 2.45) is 0 Å². The lowest BCUT2D eigenvalue weighted by atomic mass is 9.98. The van der Waals surface area contributed by atoms with Crippen LogP contribution in [0.4, 0.5) is 5.69 Å². The molecule has 0 bridgehead atoms. The topological polar surface area (TPSA) is 38.5 Å². The van der Waals surface area contributed by atoms with E-state index in [9.17, 15) is 0 Å². The fraction of sp³-hybridized carbons (Fsp3) is 0.455. The van der Waals surface area contributed by atoms with E-state index in [-0.39, 0.29) is 0 Å². The Hall–Kier alpha value is -1.22. The Labute approximate surface area is 84.5 Å². The SMILES string of the molecule is COc1c(N)ccc2c1CN(C)CC2. The average Bonchev–Trinajstić information content (AvgIpc) is 2.17. The number of hydrogen-bond acceptors (Lipinski definition) is 3. The number of hydrogen-bond donors (Lipinski definition) is 1. The molecule has 0 amide bonds. The molecular weight excluding hydrogens is 176 g/mol. The molecule has 3 heteroatoms. The van der Waals surface area contributed by atoms with Gasteiger partial charge in [0.05, 0.1) is 12.8 Å². The summed E-state index contributed by atoms with van der Waals surface area (Å²) in [5.74, 6) is 0.856. The summed E-state index contributed by atoms with van der Waals surface area (Å²) in [5, 5.41) is 0. The number of fused-ring (bicyclic) bond motifs is 1. The average molecular weight is 192 g/mol. The minimum atomic E-state index is 0.738. The number of benzene rings is 1. The second-order valence-corrected chi connectivity index (χ2v) is 3.81. The molecule has 1 aromatic rings. The lowest BCUT2D eigenvalue weighted by molar-refractivity contribution is 0.302. The van der Waals surface area contributed by atoms with Crippen molar-refractivity contribution in [3.63, 3.8) is 0 Å². The van der Waals surface area contributed by atoms with Gasteiger partial charge in [-0.1, -0.05) is 6.07 Å². The van der Waals surface area contributed by atoms with Crippen LogP contribution in [-0.4, -0.2) is 25.6 Å². The molecule has 1 aliphatic heterocycles. The van der Waals surface area contributed by atoms with E-state index in [1.54, 1.807) is 7.11 Å². The Bertz CT molecular complexity index is 349. The second-order valence-electron chi connectivity index (χ2n) is 3.81. The van der Waals surface area contributed by atoms with Crippen molar-refractivity contribution in [2.75, 3.05) is 26.4 Å². The monoisotopic (exact) mass is 192 g/mol. The molecule has 2 N–H and O–H groups in total. The Morgan fingerprint density at radius 3 is 2.93 bits per heavy atom. The van der Waals surface area contributed by atoms with Crippen LogP contribution in [0, 0.1) is 0 Å². The van der Waals surface area contributed by atoms with Crippen molar-refractivity contribution < 1.29 is 4.74 Å². The third-order valence-corrected chi connectivity index (χ3v) is 2.78. The summed E-state index contributed by atoms with van der Waals surface area (Å²) in [4.78, 5) is 2.28. The first-order valence-corrected chi connectivity index (χ1v) is 4.85. The summed E-state index contributed by atoms with van der Waals surface area (Å²) >= 11 is 0. The minimum Gasteiger partial charge on any atom is -0.494 e. The van der Waals surface area contributed by atoms with Crippen molar-refractivity contribution in [2.45, 2.75) is 13.0 Å². The number of rotatable bonds is 1. The van der Waals surface area contributed by atoms with Gasteiger partial charge in [0.15, 0.2) is 0 Å². The maximum absolute atomic E-state index is 5.86. The van der Waals surface area contributed by atoms with Gasteiger partial charge in [-0.25, -0.2) is 0 Å². The molecule has 3 nitrogen and oxygen atoms in total.